The maximum atomic E-state index is 13.3. The summed E-state index contributed by atoms with van der Waals surface area (Å²) in [5, 5.41) is 18.0. The largest absolute Gasteiger partial charge is 0.489 e. The number of aromatic nitrogens is 3. The van der Waals surface area contributed by atoms with E-state index in [9.17, 15) is 18.3 Å². The molecule has 1 atom stereocenters. The molecule has 4 aromatic carbocycles. The fraction of sp³-hybridized carbons (Fsp3) is 0.306. The van der Waals surface area contributed by atoms with Crippen molar-refractivity contribution in [2.24, 2.45) is 0 Å². The molecule has 6 rings (SSSR count). The number of ether oxygens (including phenoxy) is 2. The van der Waals surface area contributed by atoms with Crippen molar-refractivity contribution in [3.05, 3.63) is 118 Å². The van der Waals surface area contributed by atoms with Gasteiger partial charge in [0.15, 0.2) is 0 Å². The van der Waals surface area contributed by atoms with Crippen molar-refractivity contribution < 1.29 is 32.0 Å². The highest BCUT2D eigenvalue weighted by Gasteiger charge is 2.33. The van der Waals surface area contributed by atoms with Gasteiger partial charge in [0, 0.05) is 24.6 Å². The van der Waals surface area contributed by atoms with E-state index in [-0.39, 0.29) is 44.4 Å². The van der Waals surface area contributed by atoms with Crippen molar-refractivity contribution in [3.8, 4) is 11.5 Å². The highest BCUT2D eigenvalue weighted by atomic mass is 32.2. The highest BCUT2D eigenvalue weighted by molar-refractivity contribution is 7.84. The number of benzene rings is 4. The van der Waals surface area contributed by atoms with Crippen LogP contribution in [0.5, 0.6) is 11.5 Å². The zero-order valence-electron chi connectivity index (χ0n) is 27.1. The van der Waals surface area contributed by atoms with E-state index in [1.165, 1.54) is 4.31 Å². The molecule has 12 heteroatoms. The van der Waals surface area contributed by atoms with Gasteiger partial charge in [0.2, 0.25) is 0 Å². The Labute approximate surface area is 279 Å². The number of hydrogen-bond donors (Lipinski definition) is 1. The average molecular weight is 671 g/mol. The van der Waals surface area contributed by atoms with Crippen molar-refractivity contribution in [2.75, 3.05) is 13.2 Å². The molecule has 48 heavy (non-hydrogen) atoms. The molecule has 0 aliphatic carbocycles. The van der Waals surface area contributed by atoms with Gasteiger partial charge in [0.25, 0.3) is 0 Å². The predicted octanol–water partition coefficient (Wildman–Crippen LogP) is 5.34. The molecule has 11 nitrogen and oxygen atoms in total. The van der Waals surface area contributed by atoms with Gasteiger partial charge in [-0.2, -0.15) is 12.7 Å². The average Bonchev–Trinajstić information content (AvgIpc) is 3.48. The van der Waals surface area contributed by atoms with Crippen molar-refractivity contribution in [2.45, 2.75) is 59.4 Å². The quantitative estimate of drug-likeness (QED) is 0.175. The zero-order chi connectivity index (χ0) is 33.8. The zero-order valence-corrected chi connectivity index (χ0v) is 27.9. The van der Waals surface area contributed by atoms with Gasteiger partial charge in [-0.25, -0.2) is 4.68 Å². The number of esters is 1. The number of carbonyl (C=O) groups excluding carboxylic acids is 1. The van der Waals surface area contributed by atoms with E-state index >= 15 is 0 Å². The van der Waals surface area contributed by atoms with Crippen molar-refractivity contribution >= 4 is 27.3 Å². The van der Waals surface area contributed by atoms with Crippen LogP contribution in [0.3, 0.4) is 0 Å². The standard InChI is InChI=1S/C36H38N4O7S/c1-4-45-35(42)20-32(31-13-14-33-36(25(31)3)37-38-40(33)16-17-41)27-11-10-24(2)28(18-27)21-39-22-29-19-30(12-15-34(29)47-48(39,43)44)46-23-26-8-6-5-7-9-26/h5-15,18-19,32,41H,4,16-17,20-23H2,1-3H3. The number of aryl methyl sites for hydroxylation is 2. The molecule has 0 radical (unpaired) electrons. The first-order chi connectivity index (χ1) is 23.2. The van der Waals surface area contributed by atoms with Crippen LogP contribution in [0, 0.1) is 13.8 Å². The molecule has 1 unspecified atom stereocenters. The lowest BCUT2D eigenvalue weighted by Gasteiger charge is -2.29. The molecular weight excluding hydrogens is 632 g/mol. The first kappa shape index (κ1) is 33.1. The number of fused-ring (bicyclic) bond motifs is 2. The Balaban J connectivity index is 1.29. The highest BCUT2D eigenvalue weighted by Crippen LogP contribution is 2.37. The molecule has 0 spiro atoms. The molecule has 0 saturated heterocycles. The van der Waals surface area contributed by atoms with E-state index in [1.807, 2.05) is 80.6 Å². The van der Waals surface area contributed by atoms with Crippen LogP contribution in [0.2, 0.25) is 0 Å². The Morgan fingerprint density at radius 1 is 1.04 bits per heavy atom. The van der Waals surface area contributed by atoms with E-state index in [1.54, 1.807) is 23.7 Å². The first-order valence-corrected chi connectivity index (χ1v) is 17.2. The molecule has 0 amide bonds. The summed E-state index contributed by atoms with van der Waals surface area (Å²) in [7, 11) is -4.08. The SMILES string of the molecule is CCOC(=O)CC(c1ccc(C)c(CN2Cc3cc(OCc4ccccc4)ccc3OS2(=O)=O)c1)c1ccc2c(nnn2CCO)c1C. The van der Waals surface area contributed by atoms with Crippen LogP contribution in [0.25, 0.3) is 11.0 Å². The first-order valence-electron chi connectivity index (χ1n) is 15.8. The molecule has 1 aromatic heterocycles. The molecule has 2 heterocycles. The van der Waals surface area contributed by atoms with Crippen LogP contribution < -0.4 is 8.92 Å². The number of carbonyl (C=O) groups is 1. The Hall–Kier alpha value is -4.78. The van der Waals surface area contributed by atoms with E-state index in [0.717, 1.165) is 38.9 Å². The van der Waals surface area contributed by atoms with Crippen molar-refractivity contribution in [1.29, 1.82) is 0 Å². The third-order valence-electron chi connectivity index (χ3n) is 8.61. The van der Waals surface area contributed by atoms with E-state index < -0.39 is 16.2 Å². The van der Waals surface area contributed by atoms with Crippen molar-refractivity contribution in [3.63, 3.8) is 0 Å². The van der Waals surface area contributed by atoms with Gasteiger partial charge in [0.05, 0.1) is 31.7 Å². The summed E-state index contributed by atoms with van der Waals surface area (Å²) in [6.07, 6.45) is 0.0811. The van der Waals surface area contributed by atoms with E-state index in [4.69, 9.17) is 13.7 Å². The smallest absolute Gasteiger partial charge is 0.385 e. The minimum absolute atomic E-state index is 0.0657. The molecular formula is C36H38N4O7S. The fourth-order valence-electron chi connectivity index (χ4n) is 6.04. The second-order valence-electron chi connectivity index (χ2n) is 11.8. The third kappa shape index (κ3) is 7.05. The molecule has 250 valence electrons. The molecule has 0 bridgehead atoms. The summed E-state index contributed by atoms with van der Waals surface area (Å²) in [6, 6.07) is 24.6. The number of aliphatic hydroxyl groups excluding tert-OH is 1. The van der Waals surface area contributed by atoms with Crippen LogP contribution in [0.1, 0.15) is 58.2 Å². The van der Waals surface area contributed by atoms with E-state index in [2.05, 4.69) is 10.3 Å². The van der Waals surface area contributed by atoms with Gasteiger partial charge in [-0.15, -0.1) is 5.10 Å². The second-order valence-corrected chi connectivity index (χ2v) is 13.3. The summed E-state index contributed by atoms with van der Waals surface area (Å²) in [5.74, 6) is 0.154. The Bertz CT molecular complexity index is 2050. The predicted molar refractivity (Wildman–Crippen MR) is 180 cm³/mol. The van der Waals surface area contributed by atoms with Crippen LogP contribution in [-0.2, 0) is 46.1 Å². The van der Waals surface area contributed by atoms with Gasteiger partial charge < -0.3 is 18.8 Å². The van der Waals surface area contributed by atoms with Gasteiger partial charge in [0.1, 0.15) is 23.6 Å². The third-order valence-corrected chi connectivity index (χ3v) is 9.89. The summed E-state index contributed by atoms with van der Waals surface area (Å²) in [4.78, 5) is 12.9. The van der Waals surface area contributed by atoms with Gasteiger partial charge >= 0.3 is 16.3 Å². The molecule has 1 N–H and O–H groups in total. The lowest BCUT2D eigenvalue weighted by Crippen LogP contribution is -2.37. The van der Waals surface area contributed by atoms with Crippen molar-refractivity contribution in [1.82, 2.24) is 19.3 Å². The fourth-order valence-corrected chi connectivity index (χ4v) is 7.13. The maximum Gasteiger partial charge on any atom is 0.385 e. The monoisotopic (exact) mass is 670 g/mol. The van der Waals surface area contributed by atoms with Gasteiger partial charge in [-0.05, 0) is 78.4 Å². The van der Waals surface area contributed by atoms with Crippen LogP contribution in [0.4, 0.5) is 0 Å². The molecule has 0 fully saturated rings. The van der Waals surface area contributed by atoms with Crippen LogP contribution >= 0.6 is 0 Å². The lowest BCUT2D eigenvalue weighted by atomic mass is 9.84. The summed E-state index contributed by atoms with van der Waals surface area (Å²) in [5.41, 5.74) is 7.45. The minimum atomic E-state index is -4.08. The molecule has 5 aromatic rings. The lowest BCUT2D eigenvalue weighted by molar-refractivity contribution is -0.143. The van der Waals surface area contributed by atoms with Gasteiger partial charge in [-0.1, -0.05) is 59.8 Å². The maximum absolute atomic E-state index is 13.3. The molecule has 1 aliphatic rings. The normalized spacial score (nSPS) is 14.7. The van der Waals surface area contributed by atoms with Crippen LogP contribution in [-0.4, -0.2) is 52.0 Å². The Kier molecular flexibility index (Phi) is 9.76. The Morgan fingerprint density at radius 3 is 2.62 bits per heavy atom. The number of rotatable bonds is 12. The van der Waals surface area contributed by atoms with E-state index in [0.29, 0.717) is 30.0 Å². The van der Waals surface area contributed by atoms with Gasteiger partial charge in [-0.3, -0.25) is 4.79 Å². The Morgan fingerprint density at radius 2 is 1.85 bits per heavy atom. The molecule has 1 aliphatic heterocycles. The molecule has 0 saturated carbocycles. The summed E-state index contributed by atoms with van der Waals surface area (Å²) < 4.78 is 46.4. The number of hydrogen-bond acceptors (Lipinski definition) is 9. The topological polar surface area (TPSA) is 133 Å². The second kappa shape index (κ2) is 14.1. The summed E-state index contributed by atoms with van der Waals surface area (Å²) >= 11 is 0. The summed E-state index contributed by atoms with van der Waals surface area (Å²) in [6.45, 7) is 6.70. The number of nitrogens with zero attached hydrogens (tertiary/aromatic N) is 4. The number of aliphatic hydroxyl groups is 1. The minimum Gasteiger partial charge on any atom is -0.489 e. The van der Waals surface area contributed by atoms with Crippen LogP contribution in [0.15, 0.2) is 78.9 Å².